The van der Waals surface area contributed by atoms with E-state index in [4.69, 9.17) is 0 Å². The van der Waals surface area contributed by atoms with Crippen LogP contribution in [0.5, 0.6) is 0 Å². The lowest BCUT2D eigenvalue weighted by Gasteiger charge is -2.01. The number of hydrogen-bond donors (Lipinski definition) is 0. The minimum atomic E-state index is -0.158. The maximum atomic E-state index is 13.8. The molecule has 15 heavy (non-hydrogen) atoms. The standard InChI is InChI=1S/C12H12FNS/c1-3-9-7-15-12(14-9)10-6-4-5-8(2)11(10)13/h4-7H,3H2,1-2H3. The largest absolute Gasteiger partial charge is 0.241 e. The second-order valence-corrected chi connectivity index (χ2v) is 4.29. The molecule has 0 radical (unpaired) electrons. The summed E-state index contributed by atoms with van der Waals surface area (Å²) in [5.74, 6) is -0.158. The van der Waals surface area contributed by atoms with Crippen molar-refractivity contribution < 1.29 is 4.39 Å². The van der Waals surface area contributed by atoms with Gasteiger partial charge in [0.05, 0.1) is 5.69 Å². The summed E-state index contributed by atoms with van der Waals surface area (Å²) >= 11 is 1.50. The molecule has 0 fully saturated rings. The van der Waals surface area contributed by atoms with Crippen molar-refractivity contribution in [2.45, 2.75) is 20.3 Å². The van der Waals surface area contributed by atoms with Gasteiger partial charge >= 0.3 is 0 Å². The van der Waals surface area contributed by atoms with Gasteiger partial charge in [0.2, 0.25) is 0 Å². The summed E-state index contributed by atoms with van der Waals surface area (Å²) in [5, 5.41) is 2.75. The van der Waals surface area contributed by atoms with Gasteiger partial charge in [0.1, 0.15) is 10.8 Å². The average molecular weight is 221 g/mol. The molecule has 1 nitrogen and oxygen atoms in total. The first-order chi connectivity index (χ1) is 7.22. The fraction of sp³-hybridized carbons (Fsp3) is 0.250. The Hall–Kier alpha value is -1.22. The molecular formula is C12H12FNS. The summed E-state index contributed by atoms with van der Waals surface area (Å²) < 4.78 is 13.8. The molecule has 1 aromatic carbocycles. The van der Waals surface area contributed by atoms with Gasteiger partial charge in [0.25, 0.3) is 0 Å². The summed E-state index contributed by atoms with van der Waals surface area (Å²) in [4.78, 5) is 4.38. The number of nitrogens with zero attached hydrogens (tertiary/aromatic N) is 1. The van der Waals surface area contributed by atoms with E-state index in [9.17, 15) is 4.39 Å². The number of hydrogen-bond acceptors (Lipinski definition) is 2. The van der Waals surface area contributed by atoms with Crippen molar-refractivity contribution in [3.8, 4) is 10.6 Å². The Morgan fingerprint density at radius 2 is 2.20 bits per heavy atom. The number of rotatable bonds is 2. The van der Waals surface area contributed by atoms with E-state index in [-0.39, 0.29) is 5.82 Å². The normalized spacial score (nSPS) is 10.6. The zero-order valence-electron chi connectivity index (χ0n) is 8.75. The number of aromatic nitrogens is 1. The van der Waals surface area contributed by atoms with Crippen molar-refractivity contribution in [1.29, 1.82) is 0 Å². The molecule has 2 aromatic rings. The minimum absolute atomic E-state index is 0.158. The molecule has 0 spiro atoms. The zero-order valence-corrected chi connectivity index (χ0v) is 9.57. The molecule has 0 atom stereocenters. The summed E-state index contributed by atoms with van der Waals surface area (Å²) in [7, 11) is 0. The van der Waals surface area contributed by atoms with E-state index in [1.807, 2.05) is 18.4 Å². The molecule has 0 bridgehead atoms. The third kappa shape index (κ3) is 1.92. The number of halogens is 1. The highest BCUT2D eigenvalue weighted by molar-refractivity contribution is 7.13. The molecule has 3 heteroatoms. The van der Waals surface area contributed by atoms with E-state index in [1.165, 1.54) is 11.3 Å². The fourth-order valence-electron chi connectivity index (χ4n) is 1.41. The van der Waals surface area contributed by atoms with E-state index in [0.29, 0.717) is 11.1 Å². The molecule has 0 aliphatic carbocycles. The molecule has 0 aliphatic heterocycles. The third-order valence-corrected chi connectivity index (χ3v) is 3.26. The highest BCUT2D eigenvalue weighted by Gasteiger charge is 2.10. The van der Waals surface area contributed by atoms with E-state index >= 15 is 0 Å². The molecule has 0 amide bonds. The first-order valence-electron chi connectivity index (χ1n) is 4.92. The van der Waals surface area contributed by atoms with Crippen molar-refractivity contribution in [3.63, 3.8) is 0 Å². The highest BCUT2D eigenvalue weighted by Crippen LogP contribution is 2.27. The molecule has 78 valence electrons. The predicted molar refractivity (Wildman–Crippen MR) is 61.6 cm³/mol. The van der Waals surface area contributed by atoms with Crippen LogP contribution < -0.4 is 0 Å². The van der Waals surface area contributed by atoms with Crippen molar-refractivity contribution in [2.24, 2.45) is 0 Å². The van der Waals surface area contributed by atoms with Crippen LogP contribution in [0.15, 0.2) is 23.6 Å². The molecule has 1 aromatic heterocycles. The van der Waals surface area contributed by atoms with Crippen LogP contribution in [-0.4, -0.2) is 4.98 Å². The maximum Gasteiger partial charge on any atom is 0.136 e. The van der Waals surface area contributed by atoms with Gasteiger partial charge in [-0.25, -0.2) is 9.37 Å². The fourth-order valence-corrected chi connectivity index (χ4v) is 2.33. The molecule has 0 aliphatic rings. The molecule has 1 heterocycles. The highest BCUT2D eigenvalue weighted by atomic mass is 32.1. The Labute approximate surface area is 92.6 Å². The molecule has 0 saturated carbocycles. The first-order valence-corrected chi connectivity index (χ1v) is 5.80. The number of thiazole rings is 1. The lowest BCUT2D eigenvalue weighted by Crippen LogP contribution is -1.88. The minimum Gasteiger partial charge on any atom is -0.241 e. The SMILES string of the molecule is CCc1csc(-c2cccc(C)c2F)n1. The van der Waals surface area contributed by atoms with Crippen LogP contribution in [-0.2, 0) is 6.42 Å². The van der Waals surface area contributed by atoms with Crippen LogP contribution in [0.2, 0.25) is 0 Å². The number of benzene rings is 1. The van der Waals surface area contributed by atoms with Gasteiger partial charge in [0.15, 0.2) is 0 Å². The van der Waals surface area contributed by atoms with Gasteiger partial charge < -0.3 is 0 Å². The van der Waals surface area contributed by atoms with E-state index in [0.717, 1.165) is 17.1 Å². The summed E-state index contributed by atoms with van der Waals surface area (Å²) in [6, 6.07) is 5.41. The average Bonchev–Trinajstić information content (AvgIpc) is 2.70. The lowest BCUT2D eigenvalue weighted by molar-refractivity contribution is 0.622. The van der Waals surface area contributed by atoms with Crippen molar-refractivity contribution in [3.05, 3.63) is 40.7 Å². The van der Waals surface area contributed by atoms with Gasteiger partial charge in [-0.3, -0.25) is 0 Å². The number of aryl methyl sites for hydroxylation is 2. The van der Waals surface area contributed by atoms with Crippen molar-refractivity contribution in [1.82, 2.24) is 4.98 Å². The van der Waals surface area contributed by atoms with E-state index < -0.39 is 0 Å². The Morgan fingerprint density at radius 3 is 2.87 bits per heavy atom. The Bertz CT molecular complexity index is 476. The topological polar surface area (TPSA) is 12.9 Å². The summed E-state index contributed by atoms with van der Waals surface area (Å²) in [6.07, 6.45) is 0.893. The van der Waals surface area contributed by atoms with Crippen LogP contribution in [0.4, 0.5) is 4.39 Å². The first kappa shape index (κ1) is 10.3. The van der Waals surface area contributed by atoms with Crippen LogP contribution in [0, 0.1) is 12.7 Å². The Balaban J connectivity index is 2.49. The third-order valence-electron chi connectivity index (χ3n) is 2.34. The Kier molecular flexibility index (Phi) is 2.82. The molecule has 2 rings (SSSR count). The quantitative estimate of drug-likeness (QED) is 0.751. The predicted octanol–water partition coefficient (Wildman–Crippen LogP) is 3.82. The van der Waals surface area contributed by atoms with E-state index in [2.05, 4.69) is 4.98 Å². The van der Waals surface area contributed by atoms with Gasteiger partial charge in [-0.05, 0) is 25.0 Å². The van der Waals surface area contributed by atoms with Crippen molar-refractivity contribution in [2.75, 3.05) is 0 Å². The van der Waals surface area contributed by atoms with Gasteiger partial charge in [-0.1, -0.05) is 19.1 Å². The molecular weight excluding hydrogens is 209 g/mol. The lowest BCUT2D eigenvalue weighted by atomic mass is 10.1. The summed E-state index contributed by atoms with van der Waals surface area (Å²) in [5.41, 5.74) is 2.30. The van der Waals surface area contributed by atoms with Crippen LogP contribution in [0.25, 0.3) is 10.6 Å². The second kappa shape index (κ2) is 4.11. The van der Waals surface area contributed by atoms with Gasteiger partial charge in [-0.15, -0.1) is 11.3 Å². The van der Waals surface area contributed by atoms with Gasteiger partial charge in [0, 0.05) is 10.9 Å². The summed E-state index contributed by atoms with van der Waals surface area (Å²) in [6.45, 7) is 3.82. The van der Waals surface area contributed by atoms with Crippen LogP contribution in [0.1, 0.15) is 18.2 Å². The van der Waals surface area contributed by atoms with Crippen molar-refractivity contribution >= 4 is 11.3 Å². The second-order valence-electron chi connectivity index (χ2n) is 3.43. The zero-order chi connectivity index (χ0) is 10.8. The van der Waals surface area contributed by atoms with E-state index in [1.54, 1.807) is 19.1 Å². The smallest absolute Gasteiger partial charge is 0.136 e. The molecule has 0 N–H and O–H groups in total. The monoisotopic (exact) mass is 221 g/mol. The Morgan fingerprint density at radius 1 is 1.40 bits per heavy atom. The molecule has 0 saturated heterocycles. The van der Waals surface area contributed by atoms with Crippen LogP contribution in [0.3, 0.4) is 0 Å². The maximum absolute atomic E-state index is 13.8. The van der Waals surface area contributed by atoms with Gasteiger partial charge in [-0.2, -0.15) is 0 Å². The van der Waals surface area contributed by atoms with Crippen LogP contribution >= 0.6 is 11.3 Å². The molecule has 0 unspecified atom stereocenters.